The van der Waals surface area contributed by atoms with Gasteiger partial charge in [0, 0.05) is 19.6 Å². The van der Waals surface area contributed by atoms with E-state index >= 15 is 0 Å². The van der Waals surface area contributed by atoms with E-state index in [4.69, 9.17) is 0 Å². The van der Waals surface area contributed by atoms with E-state index in [1.807, 2.05) is 6.07 Å². The molecule has 4 nitrogen and oxygen atoms in total. The van der Waals surface area contributed by atoms with Crippen LogP contribution in [0.5, 0.6) is 0 Å². The molecule has 1 fully saturated rings. The van der Waals surface area contributed by atoms with Crippen LogP contribution in [0.4, 0.5) is 0 Å². The molecule has 0 unspecified atom stereocenters. The third-order valence-electron chi connectivity index (χ3n) is 5.58. The molecule has 0 saturated carbocycles. The number of hydrogen-bond acceptors (Lipinski definition) is 2. The predicted molar refractivity (Wildman–Crippen MR) is 104 cm³/mol. The van der Waals surface area contributed by atoms with E-state index in [0.717, 1.165) is 38.5 Å². The van der Waals surface area contributed by atoms with Crippen molar-refractivity contribution in [1.82, 2.24) is 10.2 Å². The largest absolute Gasteiger partial charge is 0.348 e. The number of hydrogen-bond donors (Lipinski definition) is 1. The summed E-state index contributed by atoms with van der Waals surface area (Å²) in [6.07, 6.45) is 11.0. The van der Waals surface area contributed by atoms with Crippen LogP contribution in [-0.2, 0) is 16.0 Å². The quantitative estimate of drug-likeness (QED) is 0.650. The first-order valence-corrected chi connectivity index (χ1v) is 10.0. The summed E-state index contributed by atoms with van der Waals surface area (Å²) in [7, 11) is 0. The highest BCUT2D eigenvalue weighted by Gasteiger charge is 2.26. The van der Waals surface area contributed by atoms with Crippen LogP contribution in [0.1, 0.15) is 50.5 Å². The number of nitrogens with zero attached hydrogens (tertiary/aromatic N) is 1. The van der Waals surface area contributed by atoms with Gasteiger partial charge in [0.25, 0.3) is 0 Å². The molecular weight excluding hydrogens is 324 g/mol. The third-order valence-corrected chi connectivity index (χ3v) is 5.58. The lowest BCUT2D eigenvalue weighted by atomic mass is 9.90. The van der Waals surface area contributed by atoms with E-state index in [1.165, 1.54) is 24.0 Å². The molecule has 1 aromatic rings. The van der Waals surface area contributed by atoms with E-state index in [0.29, 0.717) is 25.6 Å². The highest BCUT2D eigenvalue weighted by molar-refractivity contribution is 6.35. The van der Waals surface area contributed by atoms with Gasteiger partial charge in [0.2, 0.25) is 0 Å². The number of amides is 2. The molecule has 1 aliphatic carbocycles. The smallest absolute Gasteiger partial charge is 0.311 e. The number of benzene rings is 1. The molecule has 1 aliphatic heterocycles. The molecule has 2 amide bonds. The number of piperidine rings is 1. The van der Waals surface area contributed by atoms with Crippen molar-refractivity contribution in [3.63, 3.8) is 0 Å². The Kier molecular flexibility index (Phi) is 6.87. The van der Waals surface area contributed by atoms with Crippen LogP contribution in [0, 0.1) is 5.92 Å². The second kappa shape index (κ2) is 9.56. The minimum atomic E-state index is -0.442. The zero-order chi connectivity index (χ0) is 18.2. The molecular formula is C22H30N2O2. The van der Waals surface area contributed by atoms with Crippen molar-refractivity contribution >= 4 is 11.8 Å². The average Bonchev–Trinajstić information content (AvgIpc) is 2.69. The zero-order valence-electron chi connectivity index (χ0n) is 15.6. The summed E-state index contributed by atoms with van der Waals surface area (Å²) in [5, 5.41) is 2.81. The first-order chi connectivity index (χ1) is 12.7. The Morgan fingerprint density at radius 2 is 1.85 bits per heavy atom. The maximum absolute atomic E-state index is 12.3. The molecule has 140 valence electrons. The molecule has 0 bridgehead atoms. The average molecular weight is 354 g/mol. The molecule has 0 aromatic heterocycles. The van der Waals surface area contributed by atoms with Crippen LogP contribution in [0.2, 0.25) is 0 Å². The standard InChI is InChI=1S/C22H30N2O2/c25-21(23-14-11-18-7-3-1-4-8-18)22(26)24-15-12-20(13-16-24)17-19-9-5-2-6-10-19/h2,5-7,9-10,20H,1,3-4,8,11-17H2,(H,23,25). The SMILES string of the molecule is O=C(NCCC1=CCCCC1)C(=O)N1CCC(Cc2ccccc2)CC1. The van der Waals surface area contributed by atoms with Gasteiger partial charge in [0.15, 0.2) is 0 Å². The van der Waals surface area contributed by atoms with E-state index in [2.05, 4.69) is 35.7 Å². The van der Waals surface area contributed by atoms with Crippen LogP contribution in [0.15, 0.2) is 42.0 Å². The van der Waals surface area contributed by atoms with Crippen molar-refractivity contribution in [2.75, 3.05) is 19.6 Å². The maximum Gasteiger partial charge on any atom is 0.311 e. The van der Waals surface area contributed by atoms with Gasteiger partial charge in [-0.15, -0.1) is 0 Å². The van der Waals surface area contributed by atoms with Crippen molar-refractivity contribution in [3.05, 3.63) is 47.5 Å². The first kappa shape index (κ1) is 18.7. The fraction of sp³-hybridized carbons (Fsp3) is 0.545. The zero-order valence-corrected chi connectivity index (χ0v) is 15.6. The van der Waals surface area contributed by atoms with Gasteiger partial charge in [-0.3, -0.25) is 9.59 Å². The minimum Gasteiger partial charge on any atom is -0.348 e. The molecule has 1 aromatic carbocycles. The Hall–Kier alpha value is -2.10. The molecule has 0 radical (unpaired) electrons. The maximum atomic E-state index is 12.3. The highest BCUT2D eigenvalue weighted by atomic mass is 16.2. The van der Waals surface area contributed by atoms with Crippen molar-refractivity contribution in [2.45, 2.75) is 51.4 Å². The summed E-state index contributed by atoms with van der Waals surface area (Å²) in [5.74, 6) is -0.202. The van der Waals surface area contributed by atoms with Crippen LogP contribution in [0.25, 0.3) is 0 Å². The van der Waals surface area contributed by atoms with Crippen LogP contribution >= 0.6 is 0 Å². The fourth-order valence-electron chi connectivity index (χ4n) is 3.98. The van der Waals surface area contributed by atoms with Crippen molar-refractivity contribution in [1.29, 1.82) is 0 Å². The summed E-state index contributed by atoms with van der Waals surface area (Å²) in [4.78, 5) is 26.2. The van der Waals surface area contributed by atoms with Gasteiger partial charge < -0.3 is 10.2 Å². The Bertz CT molecular complexity index is 631. The van der Waals surface area contributed by atoms with Gasteiger partial charge in [-0.05, 0) is 62.8 Å². The summed E-state index contributed by atoms with van der Waals surface area (Å²) in [6, 6.07) is 10.5. The molecule has 0 atom stereocenters. The normalized spacial score (nSPS) is 18.3. The molecule has 1 heterocycles. The molecule has 1 saturated heterocycles. The fourth-order valence-corrected chi connectivity index (χ4v) is 3.98. The molecule has 0 spiro atoms. The van der Waals surface area contributed by atoms with Gasteiger partial charge in [-0.1, -0.05) is 42.0 Å². The van der Waals surface area contributed by atoms with Gasteiger partial charge >= 0.3 is 11.8 Å². The van der Waals surface area contributed by atoms with Crippen LogP contribution in [-0.4, -0.2) is 36.3 Å². The Labute approximate surface area is 156 Å². The lowest BCUT2D eigenvalue weighted by Gasteiger charge is -2.31. The monoisotopic (exact) mass is 354 g/mol. The van der Waals surface area contributed by atoms with E-state index in [1.54, 1.807) is 4.90 Å². The number of rotatable bonds is 5. The summed E-state index contributed by atoms with van der Waals surface area (Å²) < 4.78 is 0. The van der Waals surface area contributed by atoms with E-state index < -0.39 is 5.91 Å². The Morgan fingerprint density at radius 1 is 1.08 bits per heavy atom. The van der Waals surface area contributed by atoms with E-state index in [9.17, 15) is 9.59 Å². The first-order valence-electron chi connectivity index (χ1n) is 10.0. The lowest BCUT2D eigenvalue weighted by Crippen LogP contribution is -2.46. The summed E-state index contributed by atoms with van der Waals surface area (Å²) in [5.41, 5.74) is 2.78. The number of allylic oxidation sites excluding steroid dienone is 1. The molecule has 2 aliphatic rings. The summed E-state index contributed by atoms with van der Waals surface area (Å²) >= 11 is 0. The number of carbonyl (C=O) groups is 2. The topological polar surface area (TPSA) is 49.4 Å². The summed E-state index contributed by atoms with van der Waals surface area (Å²) in [6.45, 7) is 1.95. The molecule has 3 rings (SSSR count). The van der Waals surface area contributed by atoms with Gasteiger partial charge in [-0.25, -0.2) is 0 Å². The predicted octanol–water partition coefficient (Wildman–Crippen LogP) is 3.47. The van der Waals surface area contributed by atoms with Gasteiger partial charge in [-0.2, -0.15) is 0 Å². The third kappa shape index (κ3) is 5.45. The number of likely N-dealkylation sites (tertiary alicyclic amines) is 1. The number of carbonyl (C=O) groups excluding carboxylic acids is 2. The second-order valence-corrected chi connectivity index (χ2v) is 7.54. The molecule has 4 heteroatoms. The van der Waals surface area contributed by atoms with Gasteiger partial charge in [0.1, 0.15) is 0 Å². The van der Waals surface area contributed by atoms with Crippen molar-refractivity contribution in [2.24, 2.45) is 5.92 Å². The minimum absolute atomic E-state index is 0.360. The van der Waals surface area contributed by atoms with E-state index in [-0.39, 0.29) is 5.91 Å². The van der Waals surface area contributed by atoms with Gasteiger partial charge in [0.05, 0.1) is 0 Å². The molecule has 1 N–H and O–H groups in total. The lowest BCUT2D eigenvalue weighted by molar-refractivity contribution is -0.146. The van der Waals surface area contributed by atoms with Crippen molar-refractivity contribution in [3.8, 4) is 0 Å². The Balaban J connectivity index is 1.37. The van der Waals surface area contributed by atoms with Crippen LogP contribution < -0.4 is 5.32 Å². The Morgan fingerprint density at radius 3 is 2.54 bits per heavy atom. The van der Waals surface area contributed by atoms with Crippen molar-refractivity contribution < 1.29 is 9.59 Å². The second-order valence-electron chi connectivity index (χ2n) is 7.54. The highest BCUT2D eigenvalue weighted by Crippen LogP contribution is 2.22. The molecule has 26 heavy (non-hydrogen) atoms. The van der Waals surface area contributed by atoms with Crippen LogP contribution in [0.3, 0.4) is 0 Å². The number of nitrogens with one attached hydrogen (secondary N) is 1.